The summed E-state index contributed by atoms with van der Waals surface area (Å²) >= 11 is 0. The topological polar surface area (TPSA) is 32.7 Å². The van der Waals surface area contributed by atoms with Crippen molar-refractivity contribution < 1.29 is 9.84 Å². The van der Waals surface area contributed by atoms with Gasteiger partial charge in [-0.2, -0.15) is 0 Å². The predicted molar refractivity (Wildman–Crippen MR) is 99.7 cm³/mol. The molecule has 0 aliphatic heterocycles. The number of para-hydroxylation sites is 1. The number of rotatable bonds is 8. The van der Waals surface area contributed by atoms with Crippen molar-refractivity contribution in [2.75, 3.05) is 13.2 Å². The zero-order valence-electron chi connectivity index (χ0n) is 14.4. The molecule has 24 heavy (non-hydrogen) atoms. The van der Waals surface area contributed by atoms with E-state index in [-0.39, 0.29) is 6.61 Å². The molecule has 1 N–H and O–H groups in total. The van der Waals surface area contributed by atoms with Gasteiger partial charge in [0, 0.05) is 11.3 Å². The van der Waals surface area contributed by atoms with Gasteiger partial charge in [0.2, 0.25) is 0 Å². The minimum Gasteiger partial charge on any atom is -0.490 e. The molecule has 126 valence electrons. The highest BCUT2D eigenvalue weighted by Crippen LogP contribution is 2.29. The van der Waals surface area contributed by atoms with Crippen molar-refractivity contribution in [1.29, 1.82) is 0 Å². The molecule has 0 aromatic heterocycles. The average molecular weight is 323 g/mol. The van der Waals surface area contributed by atoms with Gasteiger partial charge in [-0.05, 0) is 31.7 Å². The molecule has 2 aromatic carbocycles. The van der Waals surface area contributed by atoms with Crippen LogP contribution in [0.3, 0.4) is 0 Å². The minimum atomic E-state index is -0.610. The lowest BCUT2D eigenvalue weighted by molar-refractivity contribution is 0.0892. The van der Waals surface area contributed by atoms with Gasteiger partial charge in [0.05, 0.1) is 6.54 Å². The van der Waals surface area contributed by atoms with Crippen LogP contribution in [-0.2, 0) is 0 Å². The predicted octanol–water partition coefficient (Wildman–Crippen LogP) is 4.46. The zero-order valence-corrected chi connectivity index (χ0v) is 14.4. The van der Waals surface area contributed by atoms with Crippen LogP contribution in [0.4, 0.5) is 0 Å². The van der Waals surface area contributed by atoms with E-state index in [0.717, 1.165) is 22.6 Å². The SMILES string of the molecule is C=C(C)N(/C=C\C)CC(O)COc1ccccc1-c1ccccc1. The molecular weight excluding hydrogens is 298 g/mol. The second kappa shape index (κ2) is 8.94. The molecule has 3 heteroatoms. The molecule has 0 amide bonds. The molecule has 0 saturated carbocycles. The van der Waals surface area contributed by atoms with E-state index in [1.54, 1.807) is 0 Å². The first kappa shape index (κ1) is 17.8. The van der Waals surface area contributed by atoms with Gasteiger partial charge < -0.3 is 14.7 Å². The molecule has 0 saturated heterocycles. The first-order valence-corrected chi connectivity index (χ1v) is 8.12. The smallest absolute Gasteiger partial charge is 0.127 e. The van der Waals surface area contributed by atoms with Crippen molar-refractivity contribution in [3.8, 4) is 16.9 Å². The third-order valence-electron chi connectivity index (χ3n) is 3.63. The molecule has 0 bridgehead atoms. The first-order valence-electron chi connectivity index (χ1n) is 8.12. The van der Waals surface area contributed by atoms with Crippen molar-refractivity contribution in [1.82, 2.24) is 4.90 Å². The summed E-state index contributed by atoms with van der Waals surface area (Å²) < 4.78 is 5.88. The molecule has 2 aromatic rings. The number of aliphatic hydroxyl groups excluding tert-OH is 1. The van der Waals surface area contributed by atoms with Gasteiger partial charge in [-0.1, -0.05) is 61.2 Å². The summed E-state index contributed by atoms with van der Waals surface area (Å²) in [5.74, 6) is 0.774. The van der Waals surface area contributed by atoms with Crippen LogP contribution in [0, 0.1) is 0 Å². The average Bonchev–Trinajstić information content (AvgIpc) is 2.60. The summed E-state index contributed by atoms with van der Waals surface area (Å²) in [6.07, 6.45) is 3.22. The van der Waals surface area contributed by atoms with Crippen LogP contribution in [0.2, 0.25) is 0 Å². The van der Waals surface area contributed by atoms with E-state index < -0.39 is 6.10 Å². The van der Waals surface area contributed by atoms with Gasteiger partial charge in [0.15, 0.2) is 0 Å². The summed E-state index contributed by atoms with van der Waals surface area (Å²) in [4.78, 5) is 1.91. The number of benzene rings is 2. The van der Waals surface area contributed by atoms with Crippen LogP contribution in [0.1, 0.15) is 13.8 Å². The maximum atomic E-state index is 10.3. The minimum absolute atomic E-state index is 0.227. The van der Waals surface area contributed by atoms with Crippen LogP contribution in [0.15, 0.2) is 79.1 Å². The Kier molecular flexibility index (Phi) is 6.64. The number of allylic oxidation sites excluding steroid dienone is 2. The number of hydrogen-bond acceptors (Lipinski definition) is 3. The standard InChI is InChI=1S/C21H25NO2/c1-4-14-22(17(2)3)15-19(23)16-24-21-13-9-8-12-20(21)18-10-6-5-7-11-18/h4-14,19,23H,2,15-16H2,1,3H3/b14-4-. The summed E-state index contributed by atoms with van der Waals surface area (Å²) in [5.41, 5.74) is 3.01. The highest BCUT2D eigenvalue weighted by Gasteiger charge is 2.12. The lowest BCUT2D eigenvalue weighted by Crippen LogP contribution is -2.31. The van der Waals surface area contributed by atoms with Crippen molar-refractivity contribution >= 4 is 0 Å². The van der Waals surface area contributed by atoms with Crippen LogP contribution in [0.25, 0.3) is 11.1 Å². The van der Waals surface area contributed by atoms with Gasteiger partial charge in [0.1, 0.15) is 18.5 Å². The molecule has 0 fully saturated rings. The Balaban J connectivity index is 2.03. The molecule has 0 aliphatic rings. The Morgan fingerprint density at radius 1 is 1.17 bits per heavy atom. The monoisotopic (exact) mass is 323 g/mol. The maximum Gasteiger partial charge on any atom is 0.127 e. The normalized spacial score (nSPS) is 12.1. The lowest BCUT2D eigenvalue weighted by atomic mass is 10.1. The maximum absolute atomic E-state index is 10.3. The zero-order chi connectivity index (χ0) is 17.4. The van der Waals surface area contributed by atoms with Crippen molar-refractivity contribution in [2.45, 2.75) is 20.0 Å². The Hall–Kier alpha value is -2.52. The van der Waals surface area contributed by atoms with Crippen LogP contribution in [-0.4, -0.2) is 29.3 Å². The third-order valence-corrected chi connectivity index (χ3v) is 3.63. The molecule has 1 atom stereocenters. The number of hydrogen-bond donors (Lipinski definition) is 1. The number of ether oxygens (including phenoxy) is 1. The fourth-order valence-corrected chi connectivity index (χ4v) is 2.44. The van der Waals surface area contributed by atoms with Gasteiger partial charge in [-0.15, -0.1) is 0 Å². The Morgan fingerprint density at radius 3 is 2.50 bits per heavy atom. The van der Waals surface area contributed by atoms with E-state index in [1.165, 1.54) is 0 Å². The summed E-state index contributed by atoms with van der Waals surface area (Å²) in [6, 6.07) is 18.0. The van der Waals surface area contributed by atoms with E-state index in [0.29, 0.717) is 6.54 Å². The second-order valence-corrected chi connectivity index (χ2v) is 5.70. The van der Waals surface area contributed by atoms with Gasteiger partial charge in [-0.25, -0.2) is 0 Å². The molecular formula is C21H25NO2. The Morgan fingerprint density at radius 2 is 1.83 bits per heavy atom. The van der Waals surface area contributed by atoms with E-state index in [2.05, 4.69) is 6.58 Å². The highest BCUT2D eigenvalue weighted by molar-refractivity contribution is 5.70. The molecule has 2 rings (SSSR count). The van der Waals surface area contributed by atoms with Crippen molar-refractivity contribution in [3.05, 3.63) is 79.1 Å². The van der Waals surface area contributed by atoms with E-state index >= 15 is 0 Å². The quantitative estimate of drug-likeness (QED) is 0.778. The molecule has 1 unspecified atom stereocenters. The van der Waals surface area contributed by atoms with Gasteiger partial charge in [0.25, 0.3) is 0 Å². The Bertz CT molecular complexity index is 679. The van der Waals surface area contributed by atoms with E-state index in [4.69, 9.17) is 4.74 Å². The largest absolute Gasteiger partial charge is 0.490 e. The molecule has 0 heterocycles. The van der Waals surface area contributed by atoms with Gasteiger partial charge >= 0.3 is 0 Å². The van der Waals surface area contributed by atoms with E-state index in [9.17, 15) is 5.11 Å². The van der Waals surface area contributed by atoms with Crippen LogP contribution in [0.5, 0.6) is 5.75 Å². The molecule has 0 radical (unpaired) electrons. The first-order chi connectivity index (χ1) is 11.6. The second-order valence-electron chi connectivity index (χ2n) is 5.70. The Labute approximate surface area is 144 Å². The fraction of sp³-hybridized carbons (Fsp3) is 0.238. The summed E-state index contributed by atoms with van der Waals surface area (Å²) in [7, 11) is 0. The molecule has 0 spiro atoms. The lowest BCUT2D eigenvalue weighted by Gasteiger charge is -2.24. The summed E-state index contributed by atoms with van der Waals surface area (Å²) in [5, 5.41) is 10.3. The number of nitrogens with zero attached hydrogens (tertiary/aromatic N) is 1. The molecule has 3 nitrogen and oxygen atoms in total. The van der Waals surface area contributed by atoms with Gasteiger partial charge in [-0.3, -0.25) is 0 Å². The summed E-state index contributed by atoms with van der Waals surface area (Å²) in [6.45, 7) is 8.46. The van der Waals surface area contributed by atoms with Crippen molar-refractivity contribution in [3.63, 3.8) is 0 Å². The van der Waals surface area contributed by atoms with Crippen LogP contribution < -0.4 is 4.74 Å². The third kappa shape index (κ3) is 5.00. The fourth-order valence-electron chi connectivity index (χ4n) is 2.44. The highest BCUT2D eigenvalue weighted by atomic mass is 16.5. The molecule has 0 aliphatic carbocycles. The van der Waals surface area contributed by atoms with E-state index in [1.807, 2.05) is 85.6 Å². The number of aliphatic hydroxyl groups is 1. The van der Waals surface area contributed by atoms with Crippen LogP contribution >= 0.6 is 0 Å². The van der Waals surface area contributed by atoms with Crippen molar-refractivity contribution in [2.24, 2.45) is 0 Å².